The molecule has 6 nitrogen and oxygen atoms in total. The molecule has 2 unspecified atom stereocenters. The number of carbonyl (C=O) groups excluding carboxylic acids is 1. The molecule has 0 aliphatic carbocycles. The SMILES string of the molecule is CC1CN(c2ccc(C(N)=O)c(F)c2)CC(C)N1C(=O)O. The quantitative estimate of drug-likeness (QED) is 0.865. The largest absolute Gasteiger partial charge is 0.465 e. The molecular formula is C14H18FN3O3. The Morgan fingerprint density at radius 2 is 1.86 bits per heavy atom. The van der Waals surface area contributed by atoms with E-state index in [0.29, 0.717) is 18.8 Å². The summed E-state index contributed by atoms with van der Waals surface area (Å²) in [4.78, 5) is 25.5. The predicted octanol–water partition coefficient (Wildman–Crippen LogP) is 1.50. The average Bonchev–Trinajstić information content (AvgIpc) is 2.36. The Balaban J connectivity index is 2.22. The van der Waals surface area contributed by atoms with Gasteiger partial charge in [-0.25, -0.2) is 9.18 Å². The van der Waals surface area contributed by atoms with E-state index < -0.39 is 17.8 Å². The smallest absolute Gasteiger partial charge is 0.407 e. The lowest BCUT2D eigenvalue weighted by atomic mass is 10.1. The summed E-state index contributed by atoms with van der Waals surface area (Å²) >= 11 is 0. The van der Waals surface area contributed by atoms with E-state index in [1.54, 1.807) is 6.07 Å². The summed E-state index contributed by atoms with van der Waals surface area (Å²) in [5.74, 6) is -1.47. The van der Waals surface area contributed by atoms with Gasteiger partial charge in [0.1, 0.15) is 5.82 Å². The van der Waals surface area contributed by atoms with Crippen molar-refractivity contribution in [3.63, 3.8) is 0 Å². The van der Waals surface area contributed by atoms with E-state index in [-0.39, 0.29) is 17.6 Å². The highest BCUT2D eigenvalue weighted by Gasteiger charge is 2.33. The lowest BCUT2D eigenvalue weighted by Gasteiger charge is -2.43. The minimum Gasteiger partial charge on any atom is -0.465 e. The lowest BCUT2D eigenvalue weighted by molar-refractivity contribution is 0.0975. The third-order valence-corrected chi connectivity index (χ3v) is 3.72. The molecule has 1 aromatic rings. The van der Waals surface area contributed by atoms with Gasteiger partial charge in [-0.05, 0) is 32.0 Å². The van der Waals surface area contributed by atoms with Crippen LogP contribution in [0, 0.1) is 5.82 Å². The second kappa shape index (κ2) is 5.59. The van der Waals surface area contributed by atoms with E-state index in [4.69, 9.17) is 5.73 Å². The maximum atomic E-state index is 13.8. The summed E-state index contributed by atoms with van der Waals surface area (Å²) in [6, 6.07) is 3.83. The van der Waals surface area contributed by atoms with Gasteiger partial charge in [0.25, 0.3) is 5.91 Å². The predicted molar refractivity (Wildman–Crippen MR) is 75.9 cm³/mol. The molecule has 1 aliphatic rings. The van der Waals surface area contributed by atoms with Crippen LogP contribution in [-0.2, 0) is 0 Å². The first-order valence-corrected chi connectivity index (χ1v) is 6.66. The highest BCUT2D eigenvalue weighted by molar-refractivity contribution is 5.93. The standard InChI is InChI=1S/C14H18FN3O3/c1-8-6-17(7-9(2)18(8)14(20)21)10-3-4-11(13(16)19)12(15)5-10/h3-5,8-9H,6-7H2,1-2H3,(H2,16,19)(H,20,21). The van der Waals surface area contributed by atoms with Gasteiger partial charge in [-0.15, -0.1) is 0 Å². The van der Waals surface area contributed by atoms with Gasteiger partial charge >= 0.3 is 6.09 Å². The van der Waals surface area contributed by atoms with Crippen molar-refractivity contribution in [1.82, 2.24) is 4.90 Å². The van der Waals surface area contributed by atoms with Crippen LogP contribution in [-0.4, -0.2) is 47.2 Å². The van der Waals surface area contributed by atoms with E-state index in [2.05, 4.69) is 0 Å². The van der Waals surface area contributed by atoms with Gasteiger partial charge < -0.3 is 15.7 Å². The molecule has 114 valence electrons. The van der Waals surface area contributed by atoms with Gasteiger partial charge in [-0.3, -0.25) is 9.69 Å². The van der Waals surface area contributed by atoms with Crippen LogP contribution in [0.1, 0.15) is 24.2 Å². The number of carbonyl (C=O) groups is 2. The molecule has 0 bridgehead atoms. The maximum absolute atomic E-state index is 13.8. The van der Waals surface area contributed by atoms with Crippen molar-refractivity contribution in [1.29, 1.82) is 0 Å². The molecule has 3 N–H and O–H groups in total. The Morgan fingerprint density at radius 3 is 2.29 bits per heavy atom. The average molecular weight is 295 g/mol. The zero-order valence-corrected chi connectivity index (χ0v) is 11.9. The molecule has 1 heterocycles. The number of halogens is 1. The highest BCUT2D eigenvalue weighted by Crippen LogP contribution is 2.24. The molecule has 1 fully saturated rings. The second-order valence-corrected chi connectivity index (χ2v) is 5.32. The fourth-order valence-corrected chi connectivity index (χ4v) is 2.81. The summed E-state index contributed by atoms with van der Waals surface area (Å²) in [6.07, 6.45) is -0.954. The number of piperazine rings is 1. The third-order valence-electron chi connectivity index (χ3n) is 3.72. The van der Waals surface area contributed by atoms with Crippen LogP contribution in [0.2, 0.25) is 0 Å². The van der Waals surface area contributed by atoms with Crippen molar-refractivity contribution in [3.8, 4) is 0 Å². The minimum absolute atomic E-state index is 0.149. The molecule has 0 spiro atoms. The number of anilines is 1. The molecule has 21 heavy (non-hydrogen) atoms. The number of carboxylic acid groups (broad SMARTS) is 1. The topological polar surface area (TPSA) is 86.9 Å². The fraction of sp³-hybridized carbons (Fsp3) is 0.429. The number of nitrogens with two attached hydrogens (primary N) is 1. The number of amides is 2. The minimum atomic E-state index is -0.954. The number of hydrogen-bond acceptors (Lipinski definition) is 3. The zero-order chi connectivity index (χ0) is 15.7. The fourth-order valence-electron chi connectivity index (χ4n) is 2.81. The van der Waals surface area contributed by atoms with Crippen LogP contribution in [0.25, 0.3) is 0 Å². The summed E-state index contributed by atoms with van der Waals surface area (Å²) in [5, 5.41) is 9.17. The Morgan fingerprint density at radius 1 is 1.29 bits per heavy atom. The molecule has 1 aliphatic heterocycles. The second-order valence-electron chi connectivity index (χ2n) is 5.32. The first-order valence-electron chi connectivity index (χ1n) is 6.66. The third kappa shape index (κ3) is 2.91. The van der Waals surface area contributed by atoms with Crippen LogP contribution in [0.5, 0.6) is 0 Å². The Kier molecular flexibility index (Phi) is 4.02. The number of hydrogen-bond donors (Lipinski definition) is 2. The summed E-state index contributed by atoms with van der Waals surface area (Å²) in [7, 11) is 0. The summed E-state index contributed by atoms with van der Waals surface area (Å²) in [5.41, 5.74) is 5.54. The van der Waals surface area contributed by atoms with Gasteiger partial charge in [0.05, 0.1) is 17.6 Å². The van der Waals surface area contributed by atoms with Crippen molar-refractivity contribution in [3.05, 3.63) is 29.6 Å². The van der Waals surface area contributed by atoms with E-state index in [1.165, 1.54) is 17.0 Å². The molecule has 1 aromatic carbocycles. The zero-order valence-electron chi connectivity index (χ0n) is 11.9. The number of rotatable bonds is 2. The van der Waals surface area contributed by atoms with Gasteiger partial charge in [0, 0.05) is 18.8 Å². The molecule has 0 radical (unpaired) electrons. The van der Waals surface area contributed by atoms with E-state index in [0.717, 1.165) is 0 Å². The van der Waals surface area contributed by atoms with Crippen molar-refractivity contribution < 1.29 is 19.1 Å². The Bertz CT molecular complexity index is 567. The number of nitrogens with zero attached hydrogens (tertiary/aromatic N) is 2. The van der Waals surface area contributed by atoms with Crippen molar-refractivity contribution in [2.24, 2.45) is 5.73 Å². The Hall–Kier alpha value is -2.31. The van der Waals surface area contributed by atoms with Gasteiger partial charge in [-0.1, -0.05) is 0 Å². The van der Waals surface area contributed by atoms with Crippen LogP contribution < -0.4 is 10.6 Å². The molecule has 2 amide bonds. The van der Waals surface area contributed by atoms with E-state index >= 15 is 0 Å². The number of benzene rings is 1. The van der Waals surface area contributed by atoms with Crippen LogP contribution in [0.15, 0.2) is 18.2 Å². The highest BCUT2D eigenvalue weighted by atomic mass is 19.1. The molecule has 0 saturated carbocycles. The van der Waals surface area contributed by atoms with Gasteiger partial charge in [-0.2, -0.15) is 0 Å². The first kappa shape index (κ1) is 15.1. The lowest BCUT2D eigenvalue weighted by Crippen LogP contribution is -2.58. The van der Waals surface area contributed by atoms with E-state index in [1.807, 2.05) is 18.7 Å². The summed E-state index contributed by atoms with van der Waals surface area (Å²) < 4.78 is 13.8. The number of primary amides is 1. The summed E-state index contributed by atoms with van der Waals surface area (Å²) in [6.45, 7) is 4.55. The monoisotopic (exact) mass is 295 g/mol. The Labute approximate surface area is 121 Å². The first-order chi connectivity index (χ1) is 9.81. The molecular weight excluding hydrogens is 277 g/mol. The van der Waals surface area contributed by atoms with Crippen LogP contribution in [0.3, 0.4) is 0 Å². The van der Waals surface area contributed by atoms with E-state index in [9.17, 15) is 19.1 Å². The normalized spacial score (nSPS) is 22.2. The molecule has 2 atom stereocenters. The molecule has 2 rings (SSSR count). The van der Waals surface area contributed by atoms with Crippen LogP contribution in [0.4, 0.5) is 14.9 Å². The van der Waals surface area contributed by atoms with Crippen molar-refractivity contribution in [2.45, 2.75) is 25.9 Å². The molecule has 1 saturated heterocycles. The van der Waals surface area contributed by atoms with Gasteiger partial charge in [0.2, 0.25) is 0 Å². The van der Waals surface area contributed by atoms with Crippen molar-refractivity contribution >= 4 is 17.7 Å². The molecule has 7 heteroatoms. The maximum Gasteiger partial charge on any atom is 0.407 e. The van der Waals surface area contributed by atoms with Crippen molar-refractivity contribution in [2.75, 3.05) is 18.0 Å². The molecule has 0 aromatic heterocycles. The van der Waals surface area contributed by atoms with Crippen LogP contribution >= 0.6 is 0 Å². The van der Waals surface area contributed by atoms with Gasteiger partial charge in [0.15, 0.2) is 0 Å².